The Morgan fingerprint density at radius 2 is 1.77 bits per heavy atom. The Bertz CT molecular complexity index is 1220. The maximum absolute atomic E-state index is 12.9. The summed E-state index contributed by atoms with van der Waals surface area (Å²) in [6, 6.07) is 13.9. The van der Waals surface area contributed by atoms with Crippen molar-refractivity contribution in [3.63, 3.8) is 0 Å². The topological polar surface area (TPSA) is 113 Å². The average molecular weight is 440 g/mol. The van der Waals surface area contributed by atoms with Crippen molar-refractivity contribution in [3.05, 3.63) is 78.4 Å². The maximum atomic E-state index is 12.9. The highest BCUT2D eigenvalue weighted by Gasteiger charge is 2.10. The zero-order chi connectivity index (χ0) is 21.1. The average Bonchev–Trinajstić information content (AvgIpc) is 3.13. The molecule has 4 aromatic rings. The van der Waals surface area contributed by atoms with Gasteiger partial charge in [0.15, 0.2) is 0 Å². The van der Waals surface area contributed by atoms with Gasteiger partial charge in [-0.05, 0) is 35.4 Å². The van der Waals surface area contributed by atoms with E-state index in [1.165, 1.54) is 24.3 Å². The number of aromatic nitrogens is 2. The number of anilines is 2. The van der Waals surface area contributed by atoms with Crippen LogP contribution in [0, 0.1) is 5.82 Å². The predicted molar refractivity (Wildman–Crippen MR) is 120 cm³/mol. The van der Waals surface area contributed by atoms with Crippen molar-refractivity contribution >= 4 is 46.8 Å². The van der Waals surface area contributed by atoms with Crippen molar-refractivity contribution in [1.29, 1.82) is 0 Å². The van der Waals surface area contributed by atoms with Gasteiger partial charge >= 0.3 is 6.03 Å². The van der Waals surface area contributed by atoms with Crippen LogP contribution in [0.25, 0.3) is 22.0 Å². The number of H-pyrrole nitrogens is 1. The van der Waals surface area contributed by atoms with Gasteiger partial charge in [0.2, 0.25) is 5.91 Å². The number of imide groups is 1. The summed E-state index contributed by atoms with van der Waals surface area (Å²) in [6.45, 7) is 0. The van der Waals surface area contributed by atoms with Crippen LogP contribution in [-0.2, 0) is 11.2 Å². The molecule has 0 aliphatic heterocycles. The van der Waals surface area contributed by atoms with E-state index in [4.69, 9.17) is 5.73 Å². The van der Waals surface area contributed by atoms with Gasteiger partial charge in [-0.25, -0.2) is 14.2 Å². The number of nitrogens with zero attached hydrogens (tertiary/aromatic N) is 1. The molecule has 0 fully saturated rings. The van der Waals surface area contributed by atoms with Gasteiger partial charge in [0, 0.05) is 35.1 Å². The number of nitrogen functional groups attached to an aromatic ring is 1. The molecule has 0 saturated carbocycles. The van der Waals surface area contributed by atoms with Crippen LogP contribution in [0.15, 0.2) is 67.0 Å². The zero-order valence-corrected chi connectivity index (χ0v) is 17.0. The number of fused-ring (bicyclic) bond motifs is 1. The predicted octanol–water partition coefficient (Wildman–Crippen LogP) is 4.26. The molecule has 0 atom stereocenters. The first-order valence-corrected chi connectivity index (χ1v) is 9.16. The number of nitrogens with one attached hydrogen (secondary N) is 3. The molecule has 0 spiro atoms. The monoisotopic (exact) mass is 439 g/mol. The van der Waals surface area contributed by atoms with Gasteiger partial charge in [-0.15, -0.1) is 12.4 Å². The van der Waals surface area contributed by atoms with E-state index < -0.39 is 11.9 Å². The second-order valence-electron chi connectivity index (χ2n) is 6.74. The molecule has 0 aliphatic carbocycles. The molecule has 0 unspecified atom stereocenters. The normalized spacial score (nSPS) is 10.4. The first-order valence-electron chi connectivity index (χ1n) is 9.16. The van der Waals surface area contributed by atoms with Gasteiger partial charge in [-0.1, -0.05) is 24.3 Å². The number of rotatable bonds is 4. The van der Waals surface area contributed by atoms with E-state index in [-0.39, 0.29) is 24.6 Å². The first-order chi connectivity index (χ1) is 14.5. The van der Waals surface area contributed by atoms with Gasteiger partial charge in [0.1, 0.15) is 11.6 Å². The standard InChI is InChI=1S/C22H18FN5O2.ClH/c23-15-5-1-13(2-6-15)9-21(29)28-22(30)27-16-7-3-14(4-8-16)17-11-25-19-10-20(24)26-12-18(17)19;/h1-8,10-12,25H,9H2,(H2,24,26)(H2,27,28,29,30);1H. The second-order valence-corrected chi connectivity index (χ2v) is 6.74. The van der Waals surface area contributed by atoms with Crippen molar-refractivity contribution in [2.45, 2.75) is 6.42 Å². The minimum absolute atomic E-state index is 0. The molecular weight excluding hydrogens is 421 g/mol. The van der Waals surface area contributed by atoms with Gasteiger partial charge in [-0.3, -0.25) is 10.1 Å². The lowest BCUT2D eigenvalue weighted by Crippen LogP contribution is -2.35. The lowest BCUT2D eigenvalue weighted by Gasteiger charge is -2.08. The number of amides is 3. The third-order valence-electron chi connectivity index (χ3n) is 4.57. The molecule has 4 rings (SSSR count). The smallest absolute Gasteiger partial charge is 0.325 e. The molecule has 2 aromatic carbocycles. The quantitative estimate of drug-likeness (QED) is 0.380. The number of halogens is 2. The van der Waals surface area contributed by atoms with Crippen LogP contribution < -0.4 is 16.4 Å². The number of hydrogen-bond acceptors (Lipinski definition) is 4. The highest BCUT2D eigenvalue weighted by atomic mass is 35.5. The van der Waals surface area contributed by atoms with Gasteiger partial charge in [-0.2, -0.15) is 0 Å². The number of hydrogen-bond donors (Lipinski definition) is 4. The Labute approximate surface area is 183 Å². The summed E-state index contributed by atoms with van der Waals surface area (Å²) in [6.07, 6.45) is 3.56. The Morgan fingerprint density at radius 1 is 1.06 bits per heavy atom. The zero-order valence-electron chi connectivity index (χ0n) is 16.2. The SMILES string of the molecule is Cl.Nc1cc2[nH]cc(-c3ccc(NC(=O)NC(=O)Cc4ccc(F)cc4)cc3)c2cn1. The summed E-state index contributed by atoms with van der Waals surface area (Å²) in [7, 11) is 0. The van der Waals surface area contributed by atoms with Crippen molar-refractivity contribution in [1.82, 2.24) is 15.3 Å². The molecule has 2 heterocycles. The third-order valence-corrected chi connectivity index (χ3v) is 4.57. The van der Waals surface area contributed by atoms with Crippen LogP contribution in [0.5, 0.6) is 0 Å². The Hall–Kier alpha value is -3.91. The van der Waals surface area contributed by atoms with Crippen LogP contribution in [0.3, 0.4) is 0 Å². The summed E-state index contributed by atoms with van der Waals surface area (Å²) < 4.78 is 12.9. The maximum Gasteiger partial charge on any atom is 0.325 e. The first kappa shape index (κ1) is 21.8. The second kappa shape index (κ2) is 9.27. The molecule has 158 valence electrons. The third kappa shape index (κ3) is 5.18. The van der Waals surface area contributed by atoms with Crippen LogP contribution in [0.2, 0.25) is 0 Å². The largest absolute Gasteiger partial charge is 0.384 e. The molecule has 9 heteroatoms. The van der Waals surface area contributed by atoms with Crippen molar-refractivity contribution < 1.29 is 14.0 Å². The lowest BCUT2D eigenvalue weighted by molar-refractivity contribution is -0.119. The molecule has 5 N–H and O–H groups in total. The Balaban J connectivity index is 0.00000272. The molecule has 0 radical (unpaired) electrons. The molecule has 0 aliphatic rings. The molecule has 31 heavy (non-hydrogen) atoms. The molecular formula is C22H19ClFN5O2. The lowest BCUT2D eigenvalue weighted by atomic mass is 10.1. The summed E-state index contributed by atoms with van der Waals surface area (Å²) in [4.78, 5) is 31.3. The van der Waals surface area contributed by atoms with E-state index in [9.17, 15) is 14.0 Å². The van der Waals surface area contributed by atoms with Crippen molar-refractivity contribution in [2.24, 2.45) is 0 Å². The van der Waals surface area contributed by atoms with Crippen LogP contribution in [0.4, 0.5) is 20.7 Å². The van der Waals surface area contributed by atoms with Crippen LogP contribution >= 0.6 is 12.4 Å². The highest BCUT2D eigenvalue weighted by Crippen LogP contribution is 2.29. The number of benzene rings is 2. The van der Waals surface area contributed by atoms with E-state index in [0.29, 0.717) is 17.1 Å². The molecule has 7 nitrogen and oxygen atoms in total. The fourth-order valence-corrected chi connectivity index (χ4v) is 3.13. The summed E-state index contributed by atoms with van der Waals surface area (Å²) in [5, 5.41) is 5.81. The van der Waals surface area contributed by atoms with Crippen molar-refractivity contribution in [2.75, 3.05) is 11.1 Å². The van der Waals surface area contributed by atoms with Crippen LogP contribution in [0.1, 0.15) is 5.56 Å². The van der Waals surface area contributed by atoms with E-state index in [1.54, 1.807) is 24.4 Å². The van der Waals surface area contributed by atoms with E-state index >= 15 is 0 Å². The highest BCUT2D eigenvalue weighted by molar-refractivity contribution is 6.02. The minimum atomic E-state index is -0.637. The van der Waals surface area contributed by atoms with Gasteiger partial charge in [0.25, 0.3) is 0 Å². The van der Waals surface area contributed by atoms with E-state index in [0.717, 1.165) is 22.0 Å². The Kier molecular flexibility index (Phi) is 6.52. The molecule has 0 bridgehead atoms. The fourth-order valence-electron chi connectivity index (χ4n) is 3.13. The number of pyridine rings is 1. The van der Waals surface area contributed by atoms with E-state index in [1.807, 2.05) is 18.3 Å². The number of carbonyl (C=O) groups excluding carboxylic acids is 2. The van der Waals surface area contributed by atoms with Gasteiger partial charge < -0.3 is 16.0 Å². The fraction of sp³-hybridized carbons (Fsp3) is 0.0455. The summed E-state index contributed by atoms with van der Waals surface area (Å²) in [5.41, 5.74) is 9.64. The number of carbonyl (C=O) groups is 2. The number of urea groups is 1. The minimum Gasteiger partial charge on any atom is -0.384 e. The molecule has 0 saturated heterocycles. The van der Waals surface area contributed by atoms with Gasteiger partial charge in [0.05, 0.1) is 11.9 Å². The van der Waals surface area contributed by atoms with E-state index in [2.05, 4.69) is 20.6 Å². The Morgan fingerprint density at radius 3 is 2.48 bits per heavy atom. The molecule has 3 amide bonds. The molecule has 2 aromatic heterocycles. The summed E-state index contributed by atoms with van der Waals surface area (Å²) in [5.74, 6) is -0.426. The van der Waals surface area contributed by atoms with Crippen molar-refractivity contribution in [3.8, 4) is 11.1 Å². The van der Waals surface area contributed by atoms with Crippen LogP contribution in [-0.4, -0.2) is 21.9 Å². The number of nitrogens with two attached hydrogens (primary N) is 1. The number of aromatic amines is 1. The summed E-state index contributed by atoms with van der Waals surface area (Å²) >= 11 is 0.